The summed E-state index contributed by atoms with van der Waals surface area (Å²) in [4.78, 5) is 4.63. The fourth-order valence-electron chi connectivity index (χ4n) is 2.53. The van der Waals surface area contributed by atoms with E-state index in [9.17, 15) is 5.11 Å². The average Bonchev–Trinajstić information content (AvgIpc) is 2.96. The third-order valence-electron chi connectivity index (χ3n) is 3.77. The summed E-state index contributed by atoms with van der Waals surface area (Å²) < 4.78 is 2.59. The molecular weight excluding hydrogens is 370 g/mol. The van der Waals surface area contributed by atoms with Crippen molar-refractivity contribution in [2.75, 3.05) is 25.5 Å². The molecule has 3 N–H and O–H groups in total. The van der Waals surface area contributed by atoms with Crippen molar-refractivity contribution in [1.29, 1.82) is 0 Å². The second-order valence-corrected chi connectivity index (χ2v) is 6.36. The Morgan fingerprint density at radius 3 is 2.79 bits per heavy atom. The van der Waals surface area contributed by atoms with Crippen LogP contribution in [0, 0.1) is 0 Å². The predicted molar refractivity (Wildman–Crippen MR) is 99.4 cm³/mol. The van der Waals surface area contributed by atoms with Crippen LogP contribution in [0.25, 0.3) is 16.9 Å². The van der Waals surface area contributed by atoms with E-state index in [0.717, 1.165) is 36.2 Å². The third-order valence-corrected chi connectivity index (χ3v) is 4.33. The van der Waals surface area contributed by atoms with E-state index in [0.29, 0.717) is 16.9 Å². The molecule has 6 nitrogen and oxygen atoms in total. The molecule has 0 atom stereocenters. The van der Waals surface area contributed by atoms with Crippen LogP contribution in [0.3, 0.4) is 0 Å². The Kier molecular flexibility index (Phi) is 5.32. The van der Waals surface area contributed by atoms with Gasteiger partial charge in [0.05, 0.1) is 16.4 Å². The van der Waals surface area contributed by atoms with Gasteiger partial charge in [0, 0.05) is 18.2 Å². The molecule has 0 aliphatic carbocycles. The number of hydrogen-bond donors (Lipinski definition) is 3. The smallest absolute Gasteiger partial charge is 0.172 e. The van der Waals surface area contributed by atoms with Crippen LogP contribution in [-0.2, 0) is 0 Å². The van der Waals surface area contributed by atoms with Gasteiger partial charge in [-0.1, -0.05) is 12.1 Å². The van der Waals surface area contributed by atoms with Gasteiger partial charge in [-0.25, -0.2) is 4.98 Å². The molecule has 126 valence electrons. The number of benzene rings is 1. The number of nitrogens with zero attached hydrogens (tertiary/aromatic N) is 3. The maximum Gasteiger partial charge on any atom is 0.172 e. The number of unbranched alkanes of at least 4 members (excludes halogenated alkanes) is 1. The largest absolute Gasteiger partial charge is 0.507 e. The van der Waals surface area contributed by atoms with Gasteiger partial charge in [-0.15, -0.1) is 0 Å². The molecular formula is C17H20BrN5O. The van der Waals surface area contributed by atoms with Crippen molar-refractivity contribution in [2.24, 2.45) is 0 Å². The van der Waals surface area contributed by atoms with Crippen LogP contribution in [0.4, 0.5) is 5.82 Å². The Labute approximate surface area is 149 Å². The number of para-hydroxylation sites is 1. The molecule has 0 amide bonds. The number of rotatable bonds is 7. The lowest BCUT2D eigenvalue weighted by Crippen LogP contribution is -2.12. The minimum atomic E-state index is 0.213. The second kappa shape index (κ2) is 7.63. The summed E-state index contributed by atoms with van der Waals surface area (Å²) in [5.41, 5.74) is 2.12. The first kappa shape index (κ1) is 16.7. The van der Waals surface area contributed by atoms with Gasteiger partial charge in [0.2, 0.25) is 0 Å². The molecule has 0 bridgehead atoms. The highest BCUT2D eigenvalue weighted by molar-refractivity contribution is 9.10. The maximum absolute atomic E-state index is 10.1. The number of aromatic nitrogens is 3. The summed E-state index contributed by atoms with van der Waals surface area (Å²) in [7, 11) is 1.96. The molecule has 0 aliphatic heterocycles. The Bertz CT molecular complexity index is 833. The summed E-state index contributed by atoms with van der Waals surface area (Å²) in [6, 6.07) is 9.12. The summed E-state index contributed by atoms with van der Waals surface area (Å²) in [6.07, 6.45) is 3.88. The highest BCUT2D eigenvalue weighted by Crippen LogP contribution is 2.30. The Balaban J connectivity index is 1.94. The maximum atomic E-state index is 10.1. The number of halogens is 1. The molecule has 0 fully saturated rings. The molecule has 1 aromatic carbocycles. The molecule has 24 heavy (non-hydrogen) atoms. The molecule has 0 spiro atoms. The Morgan fingerprint density at radius 1 is 1.21 bits per heavy atom. The van der Waals surface area contributed by atoms with E-state index >= 15 is 0 Å². The van der Waals surface area contributed by atoms with Gasteiger partial charge in [-0.05, 0) is 54.5 Å². The van der Waals surface area contributed by atoms with Crippen molar-refractivity contribution in [3.05, 3.63) is 41.0 Å². The number of phenolic OH excluding ortho intramolecular Hbond substituents is 1. The molecule has 2 aromatic heterocycles. The molecule has 0 saturated carbocycles. The van der Waals surface area contributed by atoms with Crippen molar-refractivity contribution < 1.29 is 5.11 Å². The van der Waals surface area contributed by atoms with Gasteiger partial charge < -0.3 is 15.7 Å². The fourth-order valence-corrected chi connectivity index (χ4v) is 2.88. The predicted octanol–water partition coefficient (Wildman–Crippen LogP) is 3.28. The van der Waals surface area contributed by atoms with Crippen LogP contribution in [-0.4, -0.2) is 39.8 Å². The van der Waals surface area contributed by atoms with Crippen molar-refractivity contribution in [3.8, 4) is 17.0 Å². The zero-order valence-electron chi connectivity index (χ0n) is 13.5. The summed E-state index contributed by atoms with van der Waals surface area (Å²) in [5, 5.41) is 21.0. The van der Waals surface area contributed by atoms with Crippen LogP contribution in [0.2, 0.25) is 0 Å². The Morgan fingerprint density at radius 2 is 2.00 bits per heavy atom. The van der Waals surface area contributed by atoms with Crippen LogP contribution < -0.4 is 10.6 Å². The summed E-state index contributed by atoms with van der Waals surface area (Å²) >= 11 is 3.48. The molecule has 3 aromatic rings. The van der Waals surface area contributed by atoms with Crippen LogP contribution in [0.1, 0.15) is 12.8 Å². The molecule has 0 aliphatic rings. The van der Waals surface area contributed by atoms with Gasteiger partial charge in [0.1, 0.15) is 11.6 Å². The van der Waals surface area contributed by atoms with Crippen LogP contribution >= 0.6 is 15.9 Å². The van der Waals surface area contributed by atoms with E-state index in [1.165, 1.54) is 0 Å². The molecule has 3 rings (SSSR count). The Hall–Kier alpha value is -2.12. The lowest BCUT2D eigenvalue weighted by Gasteiger charge is -2.11. The van der Waals surface area contributed by atoms with E-state index in [1.54, 1.807) is 22.8 Å². The van der Waals surface area contributed by atoms with Crippen molar-refractivity contribution in [2.45, 2.75) is 12.8 Å². The first-order valence-corrected chi connectivity index (χ1v) is 8.71. The number of hydrogen-bond acceptors (Lipinski definition) is 5. The average molecular weight is 390 g/mol. The number of aromatic hydroxyl groups is 1. The van der Waals surface area contributed by atoms with E-state index in [1.807, 2.05) is 25.2 Å². The quantitative estimate of drug-likeness (QED) is 0.540. The molecule has 2 heterocycles. The van der Waals surface area contributed by atoms with E-state index in [4.69, 9.17) is 0 Å². The van der Waals surface area contributed by atoms with Crippen molar-refractivity contribution >= 4 is 27.4 Å². The zero-order chi connectivity index (χ0) is 16.9. The van der Waals surface area contributed by atoms with E-state index < -0.39 is 0 Å². The lowest BCUT2D eigenvalue weighted by atomic mass is 10.1. The molecule has 0 radical (unpaired) electrons. The molecule has 0 unspecified atom stereocenters. The number of anilines is 1. The normalized spacial score (nSPS) is 11.1. The second-order valence-electron chi connectivity index (χ2n) is 5.51. The first-order valence-electron chi connectivity index (χ1n) is 7.92. The van der Waals surface area contributed by atoms with Gasteiger partial charge >= 0.3 is 0 Å². The van der Waals surface area contributed by atoms with Gasteiger partial charge in [0.15, 0.2) is 5.65 Å². The van der Waals surface area contributed by atoms with Gasteiger partial charge in [0.25, 0.3) is 0 Å². The minimum Gasteiger partial charge on any atom is -0.507 e. The van der Waals surface area contributed by atoms with Crippen molar-refractivity contribution in [1.82, 2.24) is 19.9 Å². The third kappa shape index (κ3) is 3.52. The summed E-state index contributed by atoms with van der Waals surface area (Å²) in [5.74, 6) is 1.07. The van der Waals surface area contributed by atoms with Gasteiger partial charge in [-0.2, -0.15) is 9.61 Å². The van der Waals surface area contributed by atoms with Gasteiger partial charge in [-0.3, -0.25) is 0 Å². The number of phenols is 1. The lowest BCUT2D eigenvalue weighted by molar-refractivity contribution is 0.477. The SMILES string of the molecule is CNCCCCNc1cc(-c2ccccc2O)nc2c(Br)cnn12. The standard InChI is InChI=1S/C17H20BrN5O/c1-19-8-4-5-9-20-16-10-14(12-6-2-3-7-15(12)24)22-17-13(18)11-21-23(16)17/h2-3,6-7,10-11,19-20,24H,4-5,8-9H2,1H3. The highest BCUT2D eigenvalue weighted by Gasteiger charge is 2.13. The minimum absolute atomic E-state index is 0.213. The van der Waals surface area contributed by atoms with E-state index in [-0.39, 0.29) is 5.75 Å². The summed E-state index contributed by atoms with van der Waals surface area (Å²) in [6.45, 7) is 1.85. The van der Waals surface area contributed by atoms with E-state index in [2.05, 4.69) is 36.6 Å². The zero-order valence-corrected chi connectivity index (χ0v) is 15.0. The monoisotopic (exact) mass is 389 g/mol. The molecule has 0 saturated heterocycles. The van der Waals surface area contributed by atoms with Crippen molar-refractivity contribution in [3.63, 3.8) is 0 Å². The fraction of sp³-hybridized carbons (Fsp3) is 0.294. The highest BCUT2D eigenvalue weighted by atomic mass is 79.9. The molecule has 7 heteroatoms. The topological polar surface area (TPSA) is 74.5 Å². The first-order chi connectivity index (χ1) is 11.7. The number of fused-ring (bicyclic) bond motifs is 1. The van der Waals surface area contributed by atoms with Crippen LogP contribution in [0.5, 0.6) is 5.75 Å². The number of nitrogens with one attached hydrogen (secondary N) is 2. The van der Waals surface area contributed by atoms with Crippen LogP contribution in [0.15, 0.2) is 41.0 Å².